The smallest absolute Gasteiger partial charge is 0.411 e. The summed E-state index contributed by atoms with van der Waals surface area (Å²) >= 11 is 0. The van der Waals surface area contributed by atoms with Gasteiger partial charge in [0, 0.05) is 31.9 Å². The van der Waals surface area contributed by atoms with Crippen molar-refractivity contribution in [2.45, 2.75) is 32.9 Å². The van der Waals surface area contributed by atoms with Gasteiger partial charge in [0.05, 0.1) is 13.7 Å². The first-order valence-corrected chi connectivity index (χ1v) is 9.14. The van der Waals surface area contributed by atoms with Crippen LogP contribution < -0.4 is 11.1 Å². The lowest BCUT2D eigenvalue weighted by Crippen LogP contribution is -2.53. The summed E-state index contributed by atoms with van der Waals surface area (Å²) in [7, 11) is 1.31. The Balaban J connectivity index is 0.00000420. The summed E-state index contributed by atoms with van der Waals surface area (Å²) in [5, 5.41) is 2.59. The molecule has 0 radical (unpaired) electrons. The van der Waals surface area contributed by atoms with Gasteiger partial charge in [-0.1, -0.05) is 12.1 Å². The number of piperazine rings is 1. The lowest BCUT2D eigenvalue weighted by atomic mass is 10.2. The quantitative estimate of drug-likeness (QED) is 0.361. The number of aliphatic imine (C=N–C) groups is 1. The summed E-state index contributed by atoms with van der Waals surface area (Å²) in [6.07, 6.45) is -0.816. The number of nitrogens with one attached hydrogen (secondary N) is 1. The van der Waals surface area contributed by atoms with Crippen LogP contribution in [-0.4, -0.2) is 66.8 Å². The average molecular weight is 519 g/mol. The maximum atomic E-state index is 12.1. The Bertz CT molecular complexity index is 710. The van der Waals surface area contributed by atoms with Crippen LogP contribution in [0.15, 0.2) is 29.3 Å². The highest BCUT2D eigenvalue weighted by Crippen LogP contribution is 2.13. The summed E-state index contributed by atoms with van der Waals surface area (Å²) in [5.41, 5.74) is 7.21. The van der Waals surface area contributed by atoms with E-state index in [-0.39, 0.29) is 30.1 Å². The first kappa shape index (κ1) is 24.8. The summed E-state index contributed by atoms with van der Waals surface area (Å²) in [6.45, 7) is 8.28. The van der Waals surface area contributed by atoms with Gasteiger partial charge in [-0.25, -0.2) is 14.6 Å². The molecule has 0 saturated carbocycles. The number of nitrogens with two attached hydrogens (primary N) is 1. The molecule has 2 amide bonds. The van der Waals surface area contributed by atoms with Gasteiger partial charge in [0.15, 0.2) is 5.96 Å². The fraction of sp³-hybridized carbons (Fsp3) is 0.526. The number of rotatable bonds is 3. The Kier molecular flexibility index (Phi) is 9.47. The van der Waals surface area contributed by atoms with E-state index in [0.717, 1.165) is 5.56 Å². The number of hydrogen-bond donors (Lipinski definition) is 2. The molecule has 1 aliphatic rings. The van der Waals surface area contributed by atoms with Crippen LogP contribution in [0.5, 0.6) is 0 Å². The second kappa shape index (κ2) is 11.1. The highest BCUT2D eigenvalue weighted by molar-refractivity contribution is 14.0. The van der Waals surface area contributed by atoms with Gasteiger partial charge < -0.3 is 25.0 Å². The molecule has 1 saturated heterocycles. The van der Waals surface area contributed by atoms with Gasteiger partial charge in [0.25, 0.3) is 0 Å². The molecule has 1 aromatic carbocycles. The Labute approximate surface area is 188 Å². The number of nitrogens with zero attached hydrogens (tertiary/aromatic N) is 3. The normalized spacial score (nSPS) is 14.7. The zero-order chi connectivity index (χ0) is 20.7. The van der Waals surface area contributed by atoms with Crippen molar-refractivity contribution < 1.29 is 19.1 Å². The van der Waals surface area contributed by atoms with Crippen molar-refractivity contribution >= 4 is 47.8 Å². The van der Waals surface area contributed by atoms with Crippen molar-refractivity contribution in [1.82, 2.24) is 9.80 Å². The van der Waals surface area contributed by atoms with E-state index >= 15 is 0 Å². The molecule has 0 bridgehead atoms. The number of carbonyl (C=O) groups excluding carboxylic acids is 2. The second-order valence-electron chi connectivity index (χ2n) is 7.44. The van der Waals surface area contributed by atoms with Gasteiger partial charge in [0.2, 0.25) is 0 Å². The van der Waals surface area contributed by atoms with Crippen LogP contribution in [0.25, 0.3) is 0 Å². The third-order valence-corrected chi connectivity index (χ3v) is 4.06. The van der Waals surface area contributed by atoms with E-state index in [1.165, 1.54) is 7.11 Å². The highest BCUT2D eigenvalue weighted by atomic mass is 127. The van der Waals surface area contributed by atoms with Crippen molar-refractivity contribution in [2.24, 2.45) is 10.7 Å². The largest absolute Gasteiger partial charge is 0.453 e. The molecule has 29 heavy (non-hydrogen) atoms. The van der Waals surface area contributed by atoms with Gasteiger partial charge in [-0.15, -0.1) is 24.0 Å². The van der Waals surface area contributed by atoms with E-state index in [0.29, 0.717) is 44.4 Å². The predicted molar refractivity (Wildman–Crippen MR) is 123 cm³/mol. The molecule has 1 heterocycles. The van der Waals surface area contributed by atoms with Crippen LogP contribution in [0.3, 0.4) is 0 Å². The third kappa shape index (κ3) is 8.34. The van der Waals surface area contributed by atoms with Crippen LogP contribution >= 0.6 is 24.0 Å². The minimum atomic E-state index is -0.513. The zero-order valence-corrected chi connectivity index (χ0v) is 19.6. The van der Waals surface area contributed by atoms with Crippen LogP contribution in [0.1, 0.15) is 26.3 Å². The van der Waals surface area contributed by atoms with Crippen LogP contribution in [0, 0.1) is 0 Å². The molecule has 0 aromatic heterocycles. The SMILES string of the molecule is COC(=O)Nc1ccc(CN=C(N)N2CCN(C(=O)OC(C)(C)C)CC2)cc1.I. The maximum Gasteiger partial charge on any atom is 0.411 e. The van der Waals surface area contributed by atoms with Crippen molar-refractivity contribution in [3.63, 3.8) is 0 Å². The first-order chi connectivity index (χ1) is 13.2. The Morgan fingerprint density at radius 2 is 1.66 bits per heavy atom. The predicted octanol–water partition coefficient (Wildman–Crippen LogP) is 2.85. The number of hydrogen-bond acceptors (Lipinski definition) is 5. The highest BCUT2D eigenvalue weighted by Gasteiger charge is 2.26. The monoisotopic (exact) mass is 519 g/mol. The van der Waals surface area contributed by atoms with E-state index in [1.807, 2.05) is 37.8 Å². The van der Waals surface area contributed by atoms with Crippen molar-refractivity contribution in [2.75, 3.05) is 38.6 Å². The fourth-order valence-corrected chi connectivity index (χ4v) is 2.58. The molecule has 9 nitrogen and oxygen atoms in total. The number of carbonyl (C=O) groups is 2. The zero-order valence-electron chi connectivity index (χ0n) is 17.3. The number of methoxy groups -OCH3 is 1. The Morgan fingerprint density at radius 3 is 2.17 bits per heavy atom. The van der Waals surface area contributed by atoms with Crippen LogP contribution in [-0.2, 0) is 16.0 Å². The fourth-order valence-electron chi connectivity index (χ4n) is 2.58. The van der Waals surface area contributed by atoms with Crippen LogP contribution in [0.4, 0.5) is 15.3 Å². The minimum Gasteiger partial charge on any atom is -0.453 e. The van der Waals surface area contributed by atoms with E-state index in [2.05, 4.69) is 15.0 Å². The molecular weight excluding hydrogens is 489 g/mol. The molecule has 0 aliphatic carbocycles. The summed E-state index contributed by atoms with van der Waals surface area (Å²) in [5.74, 6) is 0.445. The molecule has 10 heteroatoms. The summed E-state index contributed by atoms with van der Waals surface area (Å²) < 4.78 is 9.94. The molecule has 162 valence electrons. The molecule has 1 aliphatic heterocycles. The molecule has 0 atom stereocenters. The molecule has 1 aromatic rings. The van der Waals surface area contributed by atoms with Gasteiger partial charge in [-0.05, 0) is 38.5 Å². The van der Waals surface area contributed by atoms with E-state index < -0.39 is 11.7 Å². The third-order valence-electron chi connectivity index (χ3n) is 4.06. The van der Waals surface area contributed by atoms with E-state index in [9.17, 15) is 9.59 Å². The number of anilines is 1. The van der Waals surface area contributed by atoms with Crippen molar-refractivity contribution in [1.29, 1.82) is 0 Å². The lowest BCUT2D eigenvalue weighted by molar-refractivity contribution is 0.0186. The number of amides is 2. The maximum absolute atomic E-state index is 12.1. The first-order valence-electron chi connectivity index (χ1n) is 9.14. The summed E-state index contributed by atoms with van der Waals surface area (Å²) in [6, 6.07) is 7.28. The molecule has 1 fully saturated rings. The molecule has 0 spiro atoms. The topological polar surface area (TPSA) is 109 Å². The minimum absolute atomic E-state index is 0. The van der Waals surface area contributed by atoms with Gasteiger partial charge in [-0.3, -0.25) is 5.32 Å². The van der Waals surface area contributed by atoms with Gasteiger partial charge in [-0.2, -0.15) is 0 Å². The second-order valence-corrected chi connectivity index (χ2v) is 7.44. The number of ether oxygens (including phenoxy) is 2. The van der Waals surface area contributed by atoms with E-state index in [1.54, 1.807) is 17.0 Å². The van der Waals surface area contributed by atoms with Crippen molar-refractivity contribution in [3.8, 4) is 0 Å². The van der Waals surface area contributed by atoms with E-state index in [4.69, 9.17) is 10.5 Å². The lowest BCUT2D eigenvalue weighted by Gasteiger charge is -2.36. The number of benzene rings is 1. The molecule has 0 unspecified atom stereocenters. The average Bonchev–Trinajstić information content (AvgIpc) is 2.66. The number of guanidine groups is 1. The summed E-state index contributed by atoms with van der Waals surface area (Å²) in [4.78, 5) is 31.3. The number of halogens is 1. The van der Waals surface area contributed by atoms with Crippen LogP contribution in [0.2, 0.25) is 0 Å². The van der Waals surface area contributed by atoms with Gasteiger partial charge >= 0.3 is 12.2 Å². The standard InChI is InChI=1S/C19H29N5O4.HI/c1-19(2,3)28-18(26)24-11-9-23(10-12-24)16(20)21-13-14-5-7-15(8-6-14)22-17(25)27-4;/h5-8H,9-13H2,1-4H3,(H2,20,21)(H,22,25);1H. The molecular formula is C19H30IN5O4. The Morgan fingerprint density at radius 1 is 1.10 bits per heavy atom. The van der Waals surface area contributed by atoms with Crippen molar-refractivity contribution in [3.05, 3.63) is 29.8 Å². The Hall–Kier alpha value is -2.24. The molecule has 2 rings (SSSR count). The molecule has 3 N–H and O–H groups in total. The van der Waals surface area contributed by atoms with Gasteiger partial charge in [0.1, 0.15) is 5.60 Å².